The summed E-state index contributed by atoms with van der Waals surface area (Å²) in [6.07, 6.45) is 13.6. The first-order valence-electron chi connectivity index (χ1n) is 9.23. The number of anilines is 2. The molecular weight excluding hydrogens is 366 g/mol. The lowest BCUT2D eigenvalue weighted by molar-refractivity contribution is 0.419. The third-order valence-electron chi connectivity index (χ3n) is 4.76. The Bertz CT molecular complexity index is 1060. The van der Waals surface area contributed by atoms with Crippen LogP contribution in [0.15, 0.2) is 83.7 Å². The Balaban J connectivity index is 1.25. The van der Waals surface area contributed by atoms with Crippen LogP contribution < -0.4 is 5.32 Å². The number of aromatic nitrogens is 3. The molecule has 3 aromatic rings. The van der Waals surface area contributed by atoms with E-state index in [1.807, 2.05) is 35.8 Å². The molecule has 0 amide bonds. The molecule has 2 aliphatic rings. The molecule has 6 heteroatoms. The number of fused-ring (bicyclic) bond motifs is 1. The summed E-state index contributed by atoms with van der Waals surface area (Å²) in [7, 11) is 0. The second-order valence-electron chi connectivity index (χ2n) is 6.81. The van der Waals surface area contributed by atoms with Gasteiger partial charge in [0.05, 0.1) is 0 Å². The number of pyridine rings is 2. The maximum Gasteiger partial charge on any atom is 0.141 e. The number of allylic oxidation sites excluding steroid dienone is 3. The summed E-state index contributed by atoms with van der Waals surface area (Å²) in [5.41, 5.74) is 4.92. The van der Waals surface area contributed by atoms with Gasteiger partial charge in [0.15, 0.2) is 0 Å². The zero-order chi connectivity index (χ0) is 18.8. The fraction of sp³-hybridized carbons (Fsp3) is 0.136. The van der Waals surface area contributed by atoms with Crippen LogP contribution in [0.25, 0.3) is 10.7 Å². The van der Waals surface area contributed by atoms with Crippen LogP contribution in [0.2, 0.25) is 0 Å². The topological polar surface area (TPSA) is 53.9 Å². The van der Waals surface area contributed by atoms with Gasteiger partial charge in [0.2, 0.25) is 0 Å². The minimum atomic E-state index is 0.765. The van der Waals surface area contributed by atoms with Gasteiger partial charge in [-0.3, -0.25) is 0 Å². The number of nitrogens with zero attached hydrogens (tertiary/aromatic N) is 4. The van der Waals surface area contributed by atoms with Crippen LogP contribution >= 0.6 is 11.3 Å². The lowest BCUT2D eigenvalue weighted by Gasteiger charge is -2.15. The Kier molecular flexibility index (Phi) is 4.47. The molecule has 4 heterocycles. The maximum absolute atomic E-state index is 4.63. The minimum absolute atomic E-state index is 0.765. The molecule has 1 aliphatic carbocycles. The predicted molar refractivity (Wildman–Crippen MR) is 113 cm³/mol. The van der Waals surface area contributed by atoms with E-state index in [0.717, 1.165) is 41.8 Å². The van der Waals surface area contributed by atoms with Gasteiger partial charge in [-0.15, -0.1) is 11.3 Å². The van der Waals surface area contributed by atoms with Crippen LogP contribution in [0.1, 0.15) is 12.0 Å². The third-order valence-corrected chi connectivity index (χ3v) is 5.56. The molecule has 0 aromatic carbocycles. The zero-order valence-electron chi connectivity index (χ0n) is 15.2. The smallest absolute Gasteiger partial charge is 0.141 e. The predicted octanol–water partition coefficient (Wildman–Crippen LogP) is 4.93. The molecule has 1 aliphatic heterocycles. The molecule has 0 saturated carbocycles. The van der Waals surface area contributed by atoms with Gasteiger partial charge >= 0.3 is 0 Å². The van der Waals surface area contributed by atoms with E-state index in [2.05, 4.69) is 55.7 Å². The number of nitrogens with one attached hydrogen (secondary N) is 1. The van der Waals surface area contributed by atoms with Crippen LogP contribution in [0, 0.1) is 0 Å². The van der Waals surface area contributed by atoms with Gasteiger partial charge < -0.3 is 10.2 Å². The van der Waals surface area contributed by atoms with Crippen LogP contribution in [-0.2, 0) is 6.54 Å². The number of hydrogen-bond donors (Lipinski definition) is 1. The normalized spacial score (nSPS) is 15.2. The van der Waals surface area contributed by atoms with E-state index in [9.17, 15) is 0 Å². The summed E-state index contributed by atoms with van der Waals surface area (Å²) >= 11 is 1.58. The van der Waals surface area contributed by atoms with Crippen molar-refractivity contribution in [1.82, 2.24) is 19.9 Å². The summed E-state index contributed by atoms with van der Waals surface area (Å²) in [6.45, 7) is 1.85. The quantitative estimate of drug-likeness (QED) is 0.675. The van der Waals surface area contributed by atoms with E-state index in [1.54, 1.807) is 17.5 Å². The van der Waals surface area contributed by atoms with Gasteiger partial charge in [-0.2, -0.15) is 0 Å². The first-order valence-corrected chi connectivity index (χ1v) is 10.1. The molecule has 0 saturated heterocycles. The van der Waals surface area contributed by atoms with E-state index >= 15 is 0 Å². The van der Waals surface area contributed by atoms with Gasteiger partial charge in [-0.05, 0) is 41.3 Å². The van der Waals surface area contributed by atoms with Crippen LogP contribution in [0.4, 0.5) is 11.6 Å². The van der Waals surface area contributed by atoms with Gasteiger partial charge in [0, 0.05) is 37.1 Å². The van der Waals surface area contributed by atoms with E-state index in [0.29, 0.717) is 0 Å². The van der Waals surface area contributed by atoms with Crippen LogP contribution in [0.5, 0.6) is 0 Å². The molecule has 5 nitrogen and oxygen atoms in total. The molecule has 0 atom stereocenters. The summed E-state index contributed by atoms with van der Waals surface area (Å²) in [5, 5.41) is 6.15. The monoisotopic (exact) mass is 385 g/mol. The molecule has 0 unspecified atom stereocenters. The van der Waals surface area contributed by atoms with Gasteiger partial charge in [0.25, 0.3) is 0 Å². The van der Waals surface area contributed by atoms with Crippen LogP contribution in [0.3, 0.4) is 0 Å². The van der Waals surface area contributed by atoms with Gasteiger partial charge in [-0.25, -0.2) is 15.0 Å². The van der Waals surface area contributed by atoms with Crippen molar-refractivity contribution in [1.29, 1.82) is 0 Å². The van der Waals surface area contributed by atoms with Gasteiger partial charge in [-0.1, -0.05) is 30.4 Å². The lowest BCUT2D eigenvalue weighted by atomic mass is 10.0. The van der Waals surface area contributed by atoms with E-state index in [-0.39, 0.29) is 0 Å². The van der Waals surface area contributed by atoms with Crippen molar-refractivity contribution in [3.8, 4) is 10.7 Å². The summed E-state index contributed by atoms with van der Waals surface area (Å²) < 4.78 is 0. The Morgan fingerprint density at radius 3 is 2.89 bits per heavy atom. The fourth-order valence-corrected chi connectivity index (χ4v) is 4.03. The second-order valence-corrected chi connectivity index (χ2v) is 7.70. The molecule has 28 heavy (non-hydrogen) atoms. The highest BCUT2D eigenvalue weighted by Gasteiger charge is 2.18. The van der Waals surface area contributed by atoms with Crippen molar-refractivity contribution in [2.24, 2.45) is 0 Å². The van der Waals surface area contributed by atoms with E-state index in [4.69, 9.17) is 0 Å². The highest BCUT2D eigenvalue weighted by atomic mass is 32.1. The van der Waals surface area contributed by atoms with Crippen molar-refractivity contribution in [2.75, 3.05) is 11.9 Å². The Morgan fingerprint density at radius 2 is 2.07 bits per heavy atom. The van der Waals surface area contributed by atoms with Gasteiger partial charge in [0.1, 0.15) is 22.3 Å². The number of rotatable bonds is 5. The molecule has 0 spiro atoms. The van der Waals surface area contributed by atoms with E-state index < -0.39 is 0 Å². The Morgan fingerprint density at radius 1 is 1.07 bits per heavy atom. The first kappa shape index (κ1) is 16.9. The van der Waals surface area contributed by atoms with Crippen molar-refractivity contribution in [3.63, 3.8) is 0 Å². The molecule has 1 N–H and O–H groups in total. The second kappa shape index (κ2) is 7.40. The van der Waals surface area contributed by atoms with Crippen molar-refractivity contribution < 1.29 is 0 Å². The largest absolute Gasteiger partial charge is 0.368 e. The Labute approximate surface area is 167 Å². The average molecular weight is 385 g/mol. The standard InChI is InChI=1S/C22H19N5S/c1-2-5-18-15-27(14-17(18)4-1)13-16-8-9-20(24-12-16)26-21-7-3-6-19(25-21)22-23-10-11-28-22/h1-4,6-12,15H,5,13-14H2,(H,24,25,26). The summed E-state index contributed by atoms with van der Waals surface area (Å²) in [4.78, 5) is 15.8. The summed E-state index contributed by atoms with van der Waals surface area (Å²) in [5.74, 6) is 1.55. The van der Waals surface area contributed by atoms with Crippen molar-refractivity contribution >= 4 is 23.0 Å². The number of thiazole rings is 1. The average Bonchev–Trinajstić information content (AvgIpc) is 3.39. The molecule has 138 valence electrons. The lowest BCUT2D eigenvalue weighted by Crippen LogP contribution is -2.14. The first-order chi connectivity index (χ1) is 13.8. The molecule has 0 radical (unpaired) electrons. The molecule has 0 fully saturated rings. The maximum atomic E-state index is 4.63. The minimum Gasteiger partial charge on any atom is -0.368 e. The van der Waals surface area contributed by atoms with Crippen LogP contribution in [-0.4, -0.2) is 26.4 Å². The van der Waals surface area contributed by atoms with E-state index in [1.165, 1.54) is 16.7 Å². The van der Waals surface area contributed by atoms with Crippen molar-refractivity contribution in [2.45, 2.75) is 13.0 Å². The molecular formula is C22H19N5S. The molecule has 3 aromatic heterocycles. The SMILES string of the molecule is C1=CCC2=CN(Cc3ccc(Nc4cccc(-c5nccs5)n4)nc3)CC2=C1. The molecule has 5 rings (SSSR count). The Hall–Kier alpha value is -3.25. The fourth-order valence-electron chi connectivity index (χ4n) is 3.42. The molecule has 0 bridgehead atoms. The van der Waals surface area contributed by atoms with Crippen molar-refractivity contribution in [3.05, 3.63) is 89.2 Å². The highest BCUT2D eigenvalue weighted by Crippen LogP contribution is 2.28. The summed E-state index contributed by atoms with van der Waals surface area (Å²) in [6, 6.07) is 10.0. The number of hydrogen-bond acceptors (Lipinski definition) is 6. The zero-order valence-corrected chi connectivity index (χ0v) is 16.1. The highest BCUT2D eigenvalue weighted by molar-refractivity contribution is 7.13. The third kappa shape index (κ3) is 3.59.